The molecule has 1 aliphatic heterocycles. The predicted octanol–water partition coefficient (Wildman–Crippen LogP) is 2.27. The van der Waals surface area contributed by atoms with Gasteiger partial charge in [0, 0.05) is 37.4 Å². The molecular formula is C18H18ClFN6O. The minimum atomic E-state index is -0.478. The second-order valence-electron chi connectivity index (χ2n) is 6.66. The Morgan fingerprint density at radius 3 is 2.85 bits per heavy atom. The van der Waals surface area contributed by atoms with Gasteiger partial charge in [0.15, 0.2) is 11.6 Å². The molecule has 0 unspecified atom stereocenters. The number of nitrogens with zero attached hydrogens (tertiary/aromatic N) is 4. The van der Waals surface area contributed by atoms with Crippen LogP contribution in [0, 0.1) is 12.7 Å². The van der Waals surface area contributed by atoms with E-state index in [0.717, 1.165) is 16.6 Å². The fraction of sp³-hybridized carbons (Fsp3) is 0.278. The van der Waals surface area contributed by atoms with Crippen LogP contribution in [0.4, 0.5) is 15.9 Å². The van der Waals surface area contributed by atoms with Crippen molar-refractivity contribution in [3.8, 4) is 0 Å². The second-order valence-corrected chi connectivity index (χ2v) is 7.10. The number of aryl methyl sites for hydroxylation is 2. The number of hydrogen-bond acceptors (Lipinski definition) is 5. The van der Waals surface area contributed by atoms with Crippen molar-refractivity contribution < 1.29 is 9.18 Å². The first-order chi connectivity index (χ1) is 12.8. The number of carbonyl (C=O) groups excluding carboxylic acids is 1. The van der Waals surface area contributed by atoms with Gasteiger partial charge in [-0.3, -0.25) is 9.48 Å². The van der Waals surface area contributed by atoms with E-state index in [0.29, 0.717) is 24.3 Å². The molecule has 9 heteroatoms. The number of fused-ring (bicyclic) bond motifs is 1. The molecule has 3 aromatic rings. The van der Waals surface area contributed by atoms with Gasteiger partial charge in [-0.15, -0.1) is 0 Å². The molecule has 0 saturated carbocycles. The van der Waals surface area contributed by atoms with Crippen LogP contribution in [-0.2, 0) is 7.05 Å². The number of nitrogens with two attached hydrogens (primary N) is 1. The monoisotopic (exact) mass is 388 g/mol. The van der Waals surface area contributed by atoms with E-state index in [-0.39, 0.29) is 22.8 Å². The van der Waals surface area contributed by atoms with Crippen molar-refractivity contribution in [1.29, 1.82) is 0 Å². The van der Waals surface area contributed by atoms with Gasteiger partial charge in [0.05, 0.1) is 27.8 Å². The van der Waals surface area contributed by atoms with Crippen molar-refractivity contribution in [2.45, 2.75) is 13.0 Å². The van der Waals surface area contributed by atoms with E-state index in [9.17, 15) is 9.18 Å². The van der Waals surface area contributed by atoms with E-state index in [2.05, 4.69) is 15.4 Å². The zero-order valence-electron chi connectivity index (χ0n) is 14.8. The third-order valence-corrected chi connectivity index (χ3v) is 5.08. The molecule has 1 amide bonds. The summed E-state index contributed by atoms with van der Waals surface area (Å²) in [4.78, 5) is 18.4. The number of rotatable bonds is 3. The summed E-state index contributed by atoms with van der Waals surface area (Å²) < 4.78 is 15.7. The molecule has 1 aromatic carbocycles. The maximum atomic E-state index is 13.9. The first kappa shape index (κ1) is 17.5. The average Bonchev–Trinajstić information content (AvgIpc) is 2.87. The molecule has 3 N–H and O–H groups in total. The van der Waals surface area contributed by atoms with E-state index < -0.39 is 5.82 Å². The highest BCUT2D eigenvalue weighted by Gasteiger charge is 2.31. The quantitative estimate of drug-likeness (QED) is 0.672. The molecule has 0 aliphatic carbocycles. The van der Waals surface area contributed by atoms with Crippen LogP contribution >= 0.6 is 11.6 Å². The van der Waals surface area contributed by atoms with Crippen LogP contribution in [0.3, 0.4) is 0 Å². The summed E-state index contributed by atoms with van der Waals surface area (Å²) in [6, 6.07) is 4.57. The van der Waals surface area contributed by atoms with Crippen molar-refractivity contribution >= 4 is 39.9 Å². The fourth-order valence-corrected chi connectivity index (χ4v) is 3.46. The lowest BCUT2D eigenvalue weighted by Gasteiger charge is -2.40. The van der Waals surface area contributed by atoms with Crippen LogP contribution in [0.25, 0.3) is 10.9 Å². The molecule has 1 aliphatic rings. The Morgan fingerprint density at radius 1 is 1.41 bits per heavy atom. The van der Waals surface area contributed by atoms with Gasteiger partial charge in [0.1, 0.15) is 0 Å². The summed E-state index contributed by atoms with van der Waals surface area (Å²) in [5.41, 5.74) is 8.70. The van der Waals surface area contributed by atoms with Gasteiger partial charge >= 0.3 is 0 Å². The van der Waals surface area contributed by atoms with Crippen LogP contribution in [0.1, 0.15) is 16.1 Å². The van der Waals surface area contributed by atoms with E-state index >= 15 is 0 Å². The van der Waals surface area contributed by atoms with Crippen LogP contribution < -0.4 is 16.0 Å². The van der Waals surface area contributed by atoms with Gasteiger partial charge in [-0.05, 0) is 25.1 Å². The summed E-state index contributed by atoms with van der Waals surface area (Å²) >= 11 is 5.72. The molecule has 0 bridgehead atoms. The topological polar surface area (TPSA) is 89.1 Å². The van der Waals surface area contributed by atoms with Crippen molar-refractivity contribution in [3.63, 3.8) is 0 Å². The Labute approximate surface area is 159 Å². The van der Waals surface area contributed by atoms with Gasteiger partial charge < -0.3 is 16.0 Å². The van der Waals surface area contributed by atoms with Gasteiger partial charge in [-0.25, -0.2) is 9.37 Å². The van der Waals surface area contributed by atoms with Crippen LogP contribution in [-0.4, -0.2) is 39.8 Å². The maximum absolute atomic E-state index is 13.9. The van der Waals surface area contributed by atoms with Crippen molar-refractivity contribution in [2.24, 2.45) is 7.05 Å². The maximum Gasteiger partial charge on any atom is 0.253 e. The summed E-state index contributed by atoms with van der Waals surface area (Å²) in [5, 5.41) is 8.33. The zero-order valence-corrected chi connectivity index (χ0v) is 15.6. The smallest absolute Gasteiger partial charge is 0.253 e. The Hall–Kier alpha value is -2.87. The SMILES string of the molecule is Cc1c2c(N)c(C(=O)NC3CN(c4ncc(Cl)cc4F)C3)ccc2nn1C. The molecule has 1 fully saturated rings. The third-order valence-electron chi connectivity index (χ3n) is 4.88. The van der Waals surface area contributed by atoms with Crippen LogP contribution in [0.2, 0.25) is 5.02 Å². The number of amides is 1. The van der Waals surface area contributed by atoms with Gasteiger partial charge in [-0.1, -0.05) is 11.6 Å². The molecule has 0 atom stereocenters. The zero-order chi connectivity index (χ0) is 19.3. The lowest BCUT2D eigenvalue weighted by molar-refractivity contribution is 0.0931. The molecular weight excluding hydrogens is 371 g/mol. The lowest BCUT2D eigenvalue weighted by atomic mass is 10.0. The third kappa shape index (κ3) is 2.95. The van der Waals surface area contributed by atoms with Crippen LogP contribution in [0.15, 0.2) is 24.4 Å². The summed E-state index contributed by atoms with van der Waals surface area (Å²) in [7, 11) is 1.83. The van der Waals surface area contributed by atoms with Crippen molar-refractivity contribution in [1.82, 2.24) is 20.1 Å². The number of aromatic nitrogens is 3. The second kappa shape index (κ2) is 6.38. The fourth-order valence-electron chi connectivity index (χ4n) is 3.31. The molecule has 0 spiro atoms. The Morgan fingerprint density at radius 2 is 2.15 bits per heavy atom. The molecule has 1 saturated heterocycles. The number of benzene rings is 1. The largest absolute Gasteiger partial charge is 0.397 e. The van der Waals surface area contributed by atoms with Gasteiger partial charge in [0.2, 0.25) is 0 Å². The predicted molar refractivity (Wildman–Crippen MR) is 103 cm³/mol. The number of nitrogens with one attached hydrogen (secondary N) is 1. The Bertz CT molecular complexity index is 1060. The number of pyridine rings is 1. The molecule has 2 aromatic heterocycles. The first-order valence-electron chi connectivity index (χ1n) is 8.43. The number of nitrogen functional groups attached to an aromatic ring is 1. The molecule has 7 nitrogen and oxygen atoms in total. The molecule has 27 heavy (non-hydrogen) atoms. The summed E-state index contributed by atoms with van der Waals surface area (Å²) in [5.74, 6) is -0.502. The van der Waals surface area contributed by atoms with E-state index in [4.69, 9.17) is 17.3 Å². The molecule has 0 radical (unpaired) electrons. The minimum absolute atomic E-state index is 0.112. The van der Waals surface area contributed by atoms with Gasteiger partial charge in [0.25, 0.3) is 5.91 Å². The highest BCUT2D eigenvalue weighted by molar-refractivity contribution is 6.30. The van der Waals surface area contributed by atoms with Crippen molar-refractivity contribution in [2.75, 3.05) is 23.7 Å². The summed E-state index contributed by atoms with van der Waals surface area (Å²) in [6.07, 6.45) is 1.40. The number of anilines is 2. The Balaban J connectivity index is 1.47. The van der Waals surface area contributed by atoms with E-state index in [1.54, 1.807) is 21.7 Å². The number of carbonyl (C=O) groups is 1. The van der Waals surface area contributed by atoms with E-state index in [1.807, 2.05) is 14.0 Å². The standard InChI is InChI=1S/C18H18ClFN6O/c1-9-15-14(24-25(9)2)4-3-12(16(15)21)18(27)23-11-7-26(8-11)17-13(20)5-10(19)6-22-17/h3-6,11H,7-8,21H2,1-2H3,(H,23,27). The van der Waals surface area contributed by atoms with Gasteiger partial charge in [-0.2, -0.15) is 5.10 Å². The first-order valence-corrected chi connectivity index (χ1v) is 8.81. The number of halogens is 2. The average molecular weight is 389 g/mol. The minimum Gasteiger partial charge on any atom is -0.397 e. The lowest BCUT2D eigenvalue weighted by Crippen LogP contribution is -2.60. The van der Waals surface area contributed by atoms with Crippen LogP contribution in [0.5, 0.6) is 0 Å². The normalized spacial score (nSPS) is 14.4. The molecule has 140 valence electrons. The molecule has 3 heterocycles. The number of hydrogen-bond donors (Lipinski definition) is 2. The van der Waals surface area contributed by atoms with Crippen molar-refractivity contribution in [3.05, 3.63) is 46.5 Å². The highest BCUT2D eigenvalue weighted by atomic mass is 35.5. The Kier molecular flexibility index (Phi) is 4.15. The molecule has 4 rings (SSSR count). The highest BCUT2D eigenvalue weighted by Crippen LogP contribution is 2.28. The summed E-state index contributed by atoms with van der Waals surface area (Å²) in [6.45, 7) is 2.83. The van der Waals surface area contributed by atoms with E-state index in [1.165, 1.54) is 12.3 Å².